The number of phenolic OH excluding ortho intramolecular Hbond substituents is 1. The van der Waals surface area contributed by atoms with Gasteiger partial charge in [-0.25, -0.2) is 0 Å². The highest BCUT2D eigenvalue weighted by atomic mass is 35.5. The number of benzene rings is 1. The van der Waals surface area contributed by atoms with E-state index in [2.05, 4.69) is 6.92 Å². The van der Waals surface area contributed by atoms with Crippen LogP contribution in [0.15, 0.2) is 24.3 Å². The second kappa shape index (κ2) is 14.7. The zero-order valence-corrected chi connectivity index (χ0v) is 14.3. The predicted molar refractivity (Wildman–Crippen MR) is 92.6 cm³/mol. The number of halogens is 1. The van der Waals surface area contributed by atoms with E-state index in [0.29, 0.717) is 11.4 Å². The highest BCUT2D eigenvalue weighted by Gasteiger charge is 1.96. The molecule has 0 bridgehead atoms. The second-order valence-electron chi connectivity index (χ2n) is 5.42. The molecule has 4 heteroatoms. The molecule has 0 saturated heterocycles. The Morgan fingerprint density at radius 3 is 1.86 bits per heavy atom. The molecule has 0 heterocycles. The molecule has 0 aliphatic carbocycles. The first-order chi connectivity index (χ1) is 10.6. The van der Waals surface area contributed by atoms with Crippen molar-refractivity contribution in [1.29, 1.82) is 0 Å². The minimum Gasteiger partial charge on any atom is -0.506 e. The standard InChI is InChI=1S/C12H24O2.C6H5ClO/c1-2-3-4-5-6-7-8-9-10-11-12(13)14;7-5-3-1-2-4-6(5)8/h2-11H2,1H3,(H,13,14);1-4,8H. The van der Waals surface area contributed by atoms with Crippen molar-refractivity contribution in [1.82, 2.24) is 0 Å². The van der Waals surface area contributed by atoms with Gasteiger partial charge in [0.2, 0.25) is 0 Å². The lowest BCUT2D eigenvalue weighted by atomic mass is 10.1. The molecule has 0 aliphatic heterocycles. The molecule has 3 nitrogen and oxygen atoms in total. The lowest BCUT2D eigenvalue weighted by molar-refractivity contribution is -0.137. The summed E-state index contributed by atoms with van der Waals surface area (Å²) in [4.78, 5) is 10.2. The molecule has 126 valence electrons. The van der Waals surface area contributed by atoms with Gasteiger partial charge in [-0.3, -0.25) is 4.79 Å². The molecule has 0 atom stereocenters. The molecule has 0 amide bonds. The molecule has 1 aromatic carbocycles. The summed E-state index contributed by atoms with van der Waals surface area (Å²) in [7, 11) is 0. The number of carbonyl (C=O) groups is 1. The van der Waals surface area contributed by atoms with Gasteiger partial charge in [0.05, 0.1) is 5.02 Å². The topological polar surface area (TPSA) is 57.5 Å². The number of aromatic hydroxyl groups is 1. The number of unbranched alkanes of at least 4 members (excludes halogenated alkanes) is 8. The maximum Gasteiger partial charge on any atom is 0.303 e. The van der Waals surface area contributed by atoms with Crippen LogP contribution in [-0.2, 0) is 4.79 Å². The van der Waals surface area contributed by atoms with Gasteiger partial charge in [-0.15, -0.1) is 0 Å². The monoisotopic (exact) mass is 328 g/mol. The van der Waals surface area contributed by atoms with Crippen LogP contribution in [0.1, 0.15) is 71.1 Å². The largest absolute Gasteiger partial charge is 0.506 e. The summed E-state index contributed by atoms with van der Waals surface area (Å²) in [6.45, 7) is 2.23. The normalized spacial score (nSPS) is 9.91. The Morgan fingerprint density at radius 2 is 1.45 bits per heavy atom. The van der Waals surface area contributed by atoms with Crippen LogP contribution in [0.2, 0.25) is 5.02 Å². The average Bonchev–Trinajstić information content (AvgIpc) is 2.49. The molecule has 1 rings (SSSR count). The Bertz CT molecular complexity index is 373. The molecule has 0 radical (unpaired) electrons. The first-order valence-corrected chi connectivity index (χ1v) is 8.61. The van der Waals surface area contributed by atoms with Gasteiger partial charge in [0.1, 0.15) is 5.75 Å². The summed E-state index contributed by atoms with van der Waals surface area (Å²) < 4.78 is 0. The van der Waals surface area contributed by atoms with Crippen LogP contribution in [0.3, 0.4) is 0 Å². The third kappa shape index (κ3) is 13.7. The highest BCUT2D eigenvalue weighted by molar-refractivity contribution is 6.31. The van der Waals surface area contributed by atoms with Gasteiger partial charge in [0, 0.05) is 6.42 Å². The van der Waals surface area contributed by atoms with E-state index in [-0.39, 0.29) is 5.75 Å². The average molecular weight is 329 g/mol. The first kappa shape index (κ1) is 20.8. The van der Waals surface area contributed by atoms with Gasteiger partial charge < -0.3 is 10.2 Å². The van der Waals surface area contributed by atoms with E-state index in [9.17, 15) is 4.79 Å². The summed E-state index contributed by atoms with van der Waals surface area (Å²) in [5.41, 5.74) is 0. The smallest absolute Gasteiger partial charge is 0.303 e. The van der Waals surface area contributed by atoms with Crippen molar-refractivity contribution in [2.75, 3.05) is 0 Å². The number of rotatable bonds is 10. The van der Waals surface area contributed by atoms with Crippen molar-refractivity contribution in [3.63, 3.8) is 0 Å². The Hall–Kier alpha value is -1.22. The third-order valence-corrected chi connectivity index (χ3v) is 3.67. The number of hydrogen-bond donors (Lipinski definition) is 2. The van der Waals surface area contributed by atoms with E-state index in [1.165, 1.54) is 44.9 Å². The molecule has 1 aromatic rings. The maximum absolute atomic E-state index is 10.2. The van der Waals surface area contributed by atoms with Crippen molar-refractivity contribution in [2.45, 2.75) is 71.1 Å². The minimum atomic E-state index is -0.659. The number of para-hydroxylation sites is 1. The summed E-state index contributed by atoms with van der Waals surface area (Å²) in [6.07, 6.45) is 11.5. The molecular formula is C18H29ClO3. The lowest BCUT2D eigenvalue weighted by Crippen LogP contribution is -1.93. The number of carboxylic acid groups (broad SMARTS) is 1. The first-order valence-electron chi connectivity index (χ1n) is 8.23. The van der Waals surface area contributed by atoms with Crippen LogP contribution in [-0.4, -0.2) is 16.2 Å². The van der Waals surface area contributed by atoms with Crippen LogP contribution in [0.25, 0.3) is 0 Å². The Labute approximate surface area is 139 Å². The van der Waals surface area contributed by atoms with Crippen LogP contribution >= 0.6 is 11.6 Å². The van der Waals surface area contributed by atoms with Crippen molar-refractivity contribution in [3.8, 4) is 5.75 Å². The molecule has 0 saturated carbocycles. The van der Waals surface area contributed by atoms with Gasteiger partial charge in [0.15, 0.2) is 0 Å². The molecule has 0 aliphatic rings. The van der Waals surface area contributed by atoms with E-state index in [1.807, 2.05) is 0 Å². The summed E-state index contributed by atoms with van der Waals surface area (Å²) in [6, 6.07) is 6.67. The van der Waals surface area contributed by atoms with Gasteiger partial charge in [-0.2, -0.15) is 0 Å². The van der Waals surface area contributed by atoms with Crippen molar-refractivity contribution < 1.29 is 15.0 Å². The van der Waals surface area contributed by atoms with E-state index in [4.69, 9.17) is 21.8 Å². The van der Waals surface area contributed by atoms with Crippen LogP contribution in [0.5, 0.6) is 5.75 Å². The molecule has 0 unspecified atom stereocenters. The fraction of sp³-hybridized carbons (Fsp3) is 0.611. The Balaban J connectivity index is 0.000000461. The van der Waals surface area contributed by atoms with Crippen LogP contribution in [0.4, 0.5) is 0 Å². The summed E-state index contributed by atoms with van der Waals surface area (Å²) >= 11 is 5.46. The molecule has 2 N–H and O–H groups in total. The zero-order chi connectivity index (χ0) is 16.6. The summed E-state index contributed by atoms with van der Waals surface area (Å²) in [5.74, 6) is -0.526. The number of carboxylic acids is 1. The van der Waals surface area contributed by atoms with Gasteiger partial charge in [-0.1, -0.05) is 82.0 Å². The number of phenols is 1. The number of aliphatic carboxylic acids is 1. The summed E-state index contributed by atoms with van der Waals surface area (Å²) in [5, 5.41) is 17.6. The van der Waals surface area contributed by atoms with Gasteiger partial charge >= 0.3 is 5.97 Å². The molecule has 0 spiro atoms. The Kier molecular flexibility index (Phi) is 13.9. The molecular weight excluding hydrogens is 300 g/mol. The molecule has 0 aromatic heterocycles. The van der Waals surface area contributed by atoms with Gasteiger partial charge in [-0.05, 0) is 18.6 Å². The molecule has 22 heavy (non-hydrogen) atoms. The lowest BCUT2D eigenvalue weighted by Gasteiger charge is -2.00. The second-order valence-corrected chi connectivity index (χ2v) is 5.83. The third-order valence-electron chi connectivity index (χ3n) is 3.35. The highest BCUT2D eigenvalue weighted by Crippen LogP contribution is 2.20. The van der Waals surface area contributed by atoms with Crippen molar-refractivity contribution >= 4 is 17.6 Å². The zero-order valence-electron chi connectivity index (χ0n) is 13.6. The fourth-order valence-electron chi connectivity index (χ4n) is 2.04. The predicted octanol–water partition coefficient (Wildman–Crippen LogP) is 6.04. The van der Waals surface area contributed by atoms with E-state index < -0.39 is 5.97 Å². The van der Waals surface area contributed by atoms with Gasteiger partial charge in [0.25, 0.3) is 0 Å². The number of hydrogen-bond acceptors (Lipinski definition) is 2. The van der Waals surface area contributed by atoms with E-state index >= 15 is 0 Å². The fourth-order valence-corrected chi connectivity index (χ4v) is 2.17. The quantitative estimate of drug-likeness (QED) is 0.515. The van der Waals surface area contributed by atoms with Crippen molar-refractivity contribution in [3.05, 3.63) is 29.3 Å². The van der Waals surface area contributed by atoms with E-state index in [1.54, 1.807) is 24.3 Å². The SMILES string of the molecule is CCCCCCCCCCCC(=O)O.Oc1ccccc1Cl. The maximum atomic E-state index is 10.2. The Morgan fingerprint density at radius 1 is 0.955 bits per heavy atom. The van der Waals surface area contributed by atoms with Crippen LogP contribution < -0.4 is 0 Å². The van der Waals surface area contributed by atoms with Crippen molar-refractivity contribution in [2.24, 2.45) is 0 Å². The minimum absolute atomic E-state index is 0.133. The van der Waals surface area contributed by atoms with Crippen LogP contribution in [0, 0.1) is 0 Å². The molecule has 0 fully saturated rings. The van der Waals surface area contributed by atoms with E-state index in [0.717, 1.165) is 12.8 Å².